The van der Waals surface area contributed by atoms with E-state index < -0.39 is 10.4 Å². The zero-order chi connectivity index (χ0) is 20.4. The lowest BCUT2D eigenvalue weighted by atomic mass is 9.96. The van der Waals surface area contributed by atoms with E-state index in [1.165, 1.54) is 25.7 Å². The molecule has 0 rings (SSSR count). The van der Waals surface area contributed by atoms with E-state index in [0.717, 1.165) is 64.2 Å². The molecule has 0 saturated carbocycles. The average Bonchev–Trinajstić information content (AvgIpc) is 2.65. The van der Waals surface area contributed by atoms with Gasteiger partial charge in [-0.1, -0.05) is 91.9 Å². The number of hydrogen-bond acceptors (Lipinski definition) is 4. The molecule has 0 aliphatic heterocycles. The van der Waals surface area contributed by atoms with Crippen molar-refractivity contribution in [1.82, 2.24) is 0 Å². The van der Waals surface area contributed by atoms with Gasteiger partial charge >= 0.3 is 10.4 Å². The lowest BCUT2D eigenvalue weighted by Gasteiger charge is -2.18. The third-order valence-electron chi connectivity index (χ3n) is 5.26. The molecule has 5 heteroatoms. The van der Waals surface area contributed by atoms with Crippen molar-refractivity contribution in [2.45, 2.75) is 118 Å². The number of hydrogen-bond donors (Lipinski definition) is 0. The molecular weight excluding hydrogens is 360 g/mol. The predicted molar refractivity (Wildman–Crippen MR) is 115 cm³/mol. The van der Waals surface area contributed by atoms with E-state index in [1.54, 1.807) is 0 Å². The summed E-state index contributed by atoms with van der Waals surface area (Å²) in [4.78, 5) is 0. The highest BCUT2D eigenvalue weighted by Gasteiger charge is 2.19. The van der Waals surface area contributed by atoms with E-state index >= 15 is 0 Å². The summed E-state index contributed by atoms with van der Waals surface area (Å²) >= 11 is 0. The van der Waals surface area contributed by atoms with Crippen LogP contribution in [0, 0.1) is 11.8 Å². The highest BCUT2D eigenvalue weighted by molar-refractivity contribution is 7.81. The quantitative estimate of drug-likeness (QED) is 0.203. The van der Waals surface area contributed by atoms with Gasteiger partial charge in [0.15, 0.2) is 0 Å². The van der Waals surface area contributed by atoms with Crippen molar-refractivity contribution in [1.29, 1.82) is 0 Å². The van der Waals surface area contributed by atoms with Crippen LogP contribution < -0.4 is 0 Å². The summed E-state index contributed by atoms with van der Waals surface area (Å²) in [5.74, 6) is 0.630. The van der Waals surface area contributed by atoms with Crippen LogP contribution in [0.5, 0.6) is 0 Å². The molecule has 27 heavy (non-hydrogen) atoms. The van der Waals surface area contributed by atoms with Gasteiger partial charge in [0.2, 0.25) is 0 Å². The topological polar surface area (TPSA) is 52.6 Å². The SMILES string of the molecule is CCCCCC(CCCC)COS(=O)(=O)OCC(CCCC)CCCCC. The molecule has 0 aromatic carbocycles. The maximum absolute atomic E-state index is 12.2. The first-order chi connectivity index (χ1) is 13.0. The summed E-state index contributed by atoms with van der Waals surface area (Å²) in [5.41, 5.74) is 0. The Hall–Kier alpha value is -0.130. The molecule has 0 spiro atoms. The Morgan fingerprint density at radius 3 is 1.22 bits per heavy atom. The van der Waals surface area contributed by atoms with Crippen LogP contribution in [0.4, 0.5) is 0 Å². The van der Waals surface area contributed by atoms with E-state index in [0.29, 0.717) is 11.8 Å². The van der Waals surface area contributed by atoms with Crippen LogP contribution in [-0.2, 0) is 18.8 Å². The molecule has 0 aliphatic rings. The Labute approximate surface area is 170 Å². The van der Waals surface area contributed by atoms with Gasteiger partial charge in [0, 0.05) is 0 Å². The second-order valence-corrected chi connectivity index (χ2v) is 9.27. The molecule has 0 radical (unpaired) electrons. The minimum atomic E-state index is -3.88. The van der Waals surface area contributed by atoms with Crippen LogP contribution >= 0.6 is 0 Å². The monoisotopic (exact) mass is 406 g/mol. The number of unbranched alkanes of at least 4 members (excludes halogenated alkanes) is 6. The summed E-state index contributed by atoms with van der Waals surface area (Å²) in [6, 6.07) is 0. The zero-order valence-electron chi connectivity index (χ0n) is 18.5. The van der Waals surface area contributed by atoms with Gasteiger partial charge in [-0.25, -0.2) is 8.37 Å². The van der Waals surface area contributed by atoms with Crippen molar-refractivity contribution >= 4 is 10.4 Å². The third kappa shape index (κ3) is 16.5. The average molecular weight is 407 g/mol. The van der Waals surface area contributed by atoms with Gasteiger partial charge in [0.25, 0.3) is 0 Å². The van der Waals surface area contributed by atoms with Crippen molar-refractivity contribution in [3.8, 4) is 0 Å². The lowest BCUT2D eigenvalue weighted by molar-refractivity contribution is 0.155. The predicted octanol–water partition coefficient (Wildman–Crippen LogP) is 7.04. The smallest absolute Gasteiger partial charge is 0.248 e. The molecule has 4 nitrogen and oxygen atoms in total. The maximum atomic E-state index is 12.2. The molecule has 0 heterocycles. The molecule has 0 aliphatic carbocycles. The van der Waals surface area contributed by atoms with Crippen LogP contribution in [0.15, 0.2) is 0 Å². The van der Waals surface area contributed by atoms with Crippen molar-refractivity contribution in [3.05, 3.63) is 0 Å². The summed E-state index contributed by atoms with van der Waals surface area (Å²) < 4.78 is 34.9. The fourth-order valence-corrected chi connectivity index (χ4v) is 4.15. The van der Waals surface area contributed by atoms with E-state index in [4.69, 9.17) is 8.37 Å². The lowest BCUT2D eigenvalue weighted by Crippen LogP contribution is -2.20. The Morgan fingerprint density at radius 2 is 0.889 bits per heavy atom. The van der Waals surface area contributed by atoms with E-state index in [9.17, 15) is 8.42 Å². The third-order valence-corrected chi connectivity index (χ3v) is 6.11. The first kappa shape index (κ1) is 26.9. The molecule has 2 atom stereocenters. The van der Waals surface area contributed by atoms with Gasteiger partial charge in [-0.2, -0.15) is 8.42 Å². The first-order valence-electron chi connectivity index (χ1n) is 11.5. The van der Waals surface area contributed by atoms with E-state index in [1.807, 2.05) is 0 Å². The highest BCUT2D eigenvalue weighted by Crippen LogP contribution is 2.21. The largest absolute Gasteiger partial charge is 0.399 e. The Balaban J connectivity index is 4.40. The highest BCUT2D eigenvalue weighted by atomic mass is 32.3. The van der Waals surface area contributed by atoms with Gasteiger partial charge in [0.1, 0.15) is 0 Å². The van der Waals surface area contributed by atoms with Crippen LogP contribution in [0.25, 0.3) is 0 Å². The van der Waals surface area contributed by atoms with E-state index in [2.05, 4.69) is 27.7 Å². The Bertz CT molecular complexity index is 377. The molecule has 164 valence electrons. The van der Waals surface area contributed by atoms with Crippen LogP contribution in [0.2, 0.25) is 0 Å². The van der Waals surface area contributed by atoms with E-state index in [-0.39, 0.29) is 13.2 Å². The molecule has 0 N–H and O–H groups in total. The fourth-order valence-electron chi connectivity index (χ4n) is 3.37. The fraction of sp³-hybridized carbons (Fsp3) is 1.00. The minimum absolute atomic E-state index is 0.265. The number of rotatable bonds is 20. The van der Waals surface area contributed by atoms with Crippen LogP contribution in [-0.4, -0.2) is 21.6 Å². The molecule has 0 aromatic rings. The van der Waals surface area contributed by atoms with Gasteiger partial charge in [-0.3, -0.25) is 0 Å². The second-order valence-electron chi connectivity index (χ2n) is 7.99. The summed E-state index contributed by atoms with van der Waals surface area (Å²) in [6.07, 6.45) is 15.7. The Kier molecular flexibility index (Phi) is 17.8. The molecule has 0 aromatic heterocycles. The molecule has 2 unspecified atom stereocenters. The van der Waals surface area contributed by atoms with Crippen molar-refractivity contribution in [3.63, 3.8) is 0 Å². The maximum Gasteiger partial charge on any atom is 0.399 e. The summed E-state index contributed by atoms with van der Waals surface area (Å²) in [6.45, 7) is 9.23. The van der Waals surface area contributed by atoms with Gasteiger partial charge in [-0.05, 0) is 37.5 Å². The summed E-state index contributed by atoms with van der Waals surface area (Å²) in [7, 11) is -3.88. The van der Waals surface area contributed by atoms with Crippen molar-refractivity contribution in [2.24, 2.45) is 11.8 Å². The van der Waals surface area contributed by atoms with Gasteiger partial charge in [0.05, 0.1) is 13.2 Å². The first-order valence-corrected chi connectivity index (χ1v) is 12.9. The standard InChI is InChI=1S/C22H46O4S/c1-5-9-13-17-21(15-11-7-3)19-25-27(23,24)26-20-22(16-12-8-4)18-14-10-6-2/h21-22H,5-20H2,1-4H3. The molecule has 0 fully saturated rings. The Morgan fingerprint density at radius 1 is 0.556 bits per heavy atom. The van der Waals surface area contributed by atoms with Gasteiger partial charge < -0.3 is 0 Å². The van der Waals surface area contributed by atoms with Crippen molar-refractivity contribution in [2.75, 3.05) is 13.2 Å². The summed E-state index contributed by atoms with van der Waals surface area (Å²) in [5, 5.41) is 0. The minimum Gasteiger partial charge on any atom is -0.248 e. The second kappa shape index (κ2) is 17.9. The van der Waals surface area contributed by atoms with Crippen LogP contribution in [0.1, 0.15) is 118 Å². The van der Waals surface area contributed by atoms with Crippen LogP contribution in [0.3, 0.4) is 0 Å². The molecular formula is C22H46O4S. The molecule has 0 amide bonds. The molecule has 0 saturated heterocycles. The normalized spacial score (nSPS) is 14.4. The van der Waals surface area contributed by atoms with Gasteiger partial charge in [-0.15, -0.1) is 0 Å². The van der Waals surface area contributed by atoms with Crippen molar-refractivity contribution < 1.29 is 16.8 Å². The molecule has 0 bridgehead atoms. The zero-order valence-corrected chi connectivity index (χ0v) is 19.3.